The van der Waals surface area contributed by atoms with Crippen molar-refractivity contribution in [2.24, 2.45) is 0 Å². The van der Waals surface area contributed by atoms with Crippen molar-refractivity contribution in [1.29, 1.82) is 0 Å². The van der Waals surface area contributed by atoms with Gasteiger partial charge in [-0.25, -0.2) is 9.37 Å². The number of ether oxygens (including phenoxy) is 2. The van der Waals surface area contributed by atoms with Crippen LogP contribution in [0.1, 0.15) is 22.9 Å². The van der Waals surface area contributed by atoms with E-state index in [0.29, 0.717) is 5.75 Å². The van der Waals surface area contributed by atoms with Crippen LogP contribution in [0.3, 0.4) is 0 Å². The van der Waals surface area contributed by atoms with Crippen LogP contribution in [0.25, 0.3) is 11.2 Å². The number of rotatable bonds is 9. The number of aliphatic hydroxyl groups is 2. The van der Waals surface area contributed by atoms with Gasteiger partial charge < -0.3 is 25.0 Å². The SMILES string of the molecule is COc1ccc(C(Nc2nc3c(ncn3[C@@H]3O[C@@](CO)(CCl)[C@@H](O)[C@@H]3F)c(=O)[nH]2)(c2ccccc2)c2ccccc2)cc1. The number of halogens is 2. The molecule has 10 nitrogen and oxygen atoms in total. The van der Waals surface area contributed by atoms with E-state index in [2.05, 4.69) is 20.3 Å². The molecule has 0 saturated carbocycles. The van der Waals surface area contributed by atoms with Crippen molar-refractivity contribution < 1.29 is 24.1 Å². The van der Waals surface area contributed by atoms with Gasteiger partial charge in [0, 0.05) is 0 Å². The molecule has 12 heteroatoms. The summed E-state index contributed by atoms with van der Waals surface area (Å²) < 4.78 is 27.8. The largest absolute Gasteiger partial charge is 0.497 e. The lowest BCUT2D eigenvalue weighted by Gasteiger charge is -2.37. The average molecular weight is 606 g/mol. The Morgan fingerprint density at radius 3 is 2.21 bits per heavy atom. The molecule has 0 radical (unpaired) electrons. The van der Waals surface area contributed by atoms with Crippen molar-refractivity contribution in [2.75, 3.05) is 24.9 Å². The maximum Gasteiger partial charge on any atom is 0.280 e. The zero-order valence-electron chi connectivity index (χ0n) is 23.0. The number of hydrogen-bond donors (Lipinski definition) is 4. The summed E-state index contributed by atoms with van der Waals surface area (Å²) in [5, 5.41) is 23.9. The number of methoxy groups -OCH3 is 1. The fourth-order valence-corrected chi connectivity index (χ4v) is 5.90. The fourth-order valence-electron chi connectivity index (χ4n) is 5.60. The number of nitrogens with zero attached hydrogens (tertiary/aromatic N) is 3. The van der Waals surface area contributed by atoms with Gasteiger partial charge >= 0.3 is 0 Å². The zero-order valence-corrected chi connectivity index (χ0v) is 23.8. The van der Waals surface area contributed by atoms with Crippen molar-refractivity contribution in [3.8, 4) is 5.75 Å². The lowest BCUT2D eigenvalue weighted by atomic mass is 9.77. The summed E-state index contributed by atoms with van der Waals surface area (Å²) in [6, 6.07) is 26.9. The lowest BCUT2D eigenvalue weighted by molar-refractivity contribution is -0.113. The van der Waals surface area contributed by atoms with Gasteiger partial charge in [-0.15, -0.1) is 11.6 Å². The number of alkyl halides is 2. The van der Waals surface area contributed by atoms with E-state index >= 15 is 4.39 Å². The molecule has 0 aliphatic carbocycles. The van der Waals surface area contributed by atoms with E-state index < -0.39 is 41.8 Å². The van der Waals surface area contributed by atoms with Crippen molar-refractivity contribution in [1.82, 2.24) is 19.5 Å². The third-order valence-electron chi connectivity index (χ3n) is 7.91. The quantitative estimate of drug-likeness (QED) is 0.148. The molecule has 4 atom stereocenters. The van der Waals surface area contributed by atoms with Crippen LogP contribution < -0.4 is 15.6 Å². The third kappa shape index (κ3) is 4.74. The number of H-pyrrole nitrogens is 1. The van der Waals surface area contributed by atoms with Crippen LogP contribution in [0.2, 0.25) is 0 Å². The molecule has 6 rings (SSSR count). The smallest absolute Gasteiger partial charge is 0.280 e. The molecule has 3 heterocycles. The summed E-state index contributed by atoms with van der Waals surface area (Å²) in [6.45, 7) is -0.708. The second kappa shape index (κ2) is 11.4. The number of nitrogens with one attached hydrogen (secondary N) is 2. The highest BCUT2D eigenvalue weighted by atomic mass is 35.5. The molecule has 222 valence electrons. The number of imidazole rings is 1. The molecule has 1 saturated heterocycles. The van der Waals surface area contributed by atoms with Gasteiger partial charge in [-0.05, 0) is 28.8 Å². The van der Waals surface area contributed by atoms with E-state index in [0.717, 1.165) is 16.7 Å². The molecule has 0 spiro atoms. The van der Waals surface area contributed by atoms with Crippen LogP contribution in [0.5, 0.6) is 5.75 Å². The number of aromatic amines is 1. The number of anilines is 1. The van der Waals surface area contributed by atoms with Crippen molar-refractivity contribution >= 4 is 28.7 Å². The summed E-state index contributed by atoms with van der Waals surface area (Å²) >= 11 is 5.96. The minimum Gasteiger partial charge on any atom is -0.497 e. The highest BCUT2D eigenvalue weighted by molar-refractivity contribution is 6.18. The first-order valence-electron chi connectivity index (χ1n) is 13.5. The first kappa shape index (κ1) is 28.8. The Morgan fingerprint density at radius 1 is 1.07 bits per heavy atom. The Morgan fingerprint density at radius 2 is 1.67 bits per heavy atom. The molecule has 1 fully saturated rings. The van der Waals surface area contributed by atoms with Crippen molar-refractivity contribution in [2.45, 2.75) is 29.6 Å². The van der Waals surface area contributed by atoms with Gasteiger partial charge in [0.05, 0.1) is 25.9 Å². The minimum atomic E-state index is -1.98. The van der Waals surface area contributed by atoms with E-state index in [1.165, 1.54) is 10.9 Å². The Bertz CT molecular complexity index is 1720. The molecule has 1 aliphatic rings. The number of fused-ring (bicyclic) bond motifs is 1. The van der Waals surface area contributed by atoms with Gasteiger partial charge in [0.25, 0.3) is 5.56 Å². The maximum atomic E-state index is 15.4. The number of benzene rings is 3. The molecule has 2 aromatic heterocycles. The van der Waals surface area contributed by atoms with Crippen LogP contribution >= 0.6 is 11.6 Å². The topological polar surface area (TPSA) is 135 Å². The number of aliphatic hydroxyl groups excluding tert-OH is 2. The fraction of sp³-hybridized carbons (Fsp3) is 0.258. The number of hydrogen-bond acceptors (Lipinski definition) is 8. The predicted molar refractivity (Wildman–Crippen MR) is 159 cm³/mol. The summed E-state index contributed by atoms with van der Waals surface area (Å²) in [5.41, 5.74) is -0.881. The molecule has 0 unspecified atom stereocenters. The Labute approximate surface area is 250 Å². The standard InChI is InChI=1S/C31H29ClFN5O5/c1-42-22-14-12-21(13-15-22)31(19-8-4-2-5-9-19,20-10-6-3-7-11-20)37-29-35-26-24(27(41)36-29)34-18-38(26)28-23(33)25(40)30(16-32,17-39)43-28/h2-15,18,23,25,28,39-40H,16-17H2,1H3,(H2,35,36,37,41)/t23-,25-,28+,30+/m0/s1. The van der Waals surface area contributed by atoms with E-state index in [1.807, 2.05) is 84.9 Å². The van der Waals surface area contributed by atoms with Gasteiger partial charge in [-0.2, -0.15) is 4.98 Å². The summed E-state index contributed by atoms with van der Waals surface area (Å²) in [6.07, 6.45) is -3.92. The van der Waals surface area contributed by atoms with Crippen LogP contribution in [-0.2, 0) is 10.3 Å². The first-order valence-corrected chi connectivity index (χ1v) is 14.1. The number of aromatic nitrogens is 4. The van der Waals surface area contributed by atoms with E-state index in [9.17, 15) is 15.0 Å². The monoisotopic (exact) mass is 605 g/mol. The molecular weight excluding hydrogens is 577 g/mol. The summed E-state index contributed by atoms with van der Waals surface area (Å²) in [4.78, 5) is 24.9. The van der Waals surface area contributed by atoms with Crippen molar-refractivity contribution in [3.63, 3.8) is 0 Å². The second-order valence-electron chi connectivity index (χ2n) is 10.3. The second-order valence-corrected chi connectivity index (χ2v) is 10.6. The third-order valence-corrected chi connectivity index (χ3v) is 8.36. The summed E-state index contributed by atoms with van der Waals surface area (Å²) in [7, 11) is 1.59. The normalized spacial score (nSPS) is 22.1. The van der Waals surface area contributed by atoms with E-state index in [1.54, 1.807) is 7.11 Å². The van der Waals surface area contributed by atoms with Crippen molar-refractivity contribution in [3.05, 3.63) is 118 Å². The van der Waals surface area contributed by atoms with Crippen LogP contribution in [0, 0.1) is 0 Å². The lowest BCUT2D eigenvalue weighted by Crippen LogP contribution is -2.47. The predicted octanol–water partition coefficient (Wildman–Crippen LogP) is 3.73. The Kier molecular flexibility index (Phi) is 7.65. The highest BCUT2D eigenvalue weighted by Crippen LogP contribution is 2.42. The molecule has 5 aromatic rings. The van der Waals surface area contributed by atoms with Crippen LogP contribution in [0.4, 0.5) is 10.3 Å². The minimum absolute atomic E-state index is 0.0131. The van der Waals surface area contributed by atoms with Gasteiger partial charge in [-0.3, -0.25) is 14.3 Å². The van der Waals surface area contributed by atoms with Gasteiger partial charge in [-0.1, -0.05) is 72.8 Å². The first-order chi connectivity index (χ1) is 20.9. The van der Waals surface area contributed by atoms with E-state index in [4.69, 9.17) is 21.1 Å². The van der Waals surface area contributed by atoms with Gasteiger partial charge in [0.1, 0.15) is 23.0 Å². The highest BCUT2D eigenvalue weighted by Gasteiger charge is 2.55. The van der Waals surface area contributed by atoms with E-state index in [-0.39, 0.29) is 23.0 Å². The van der Waals surface area contributed by atoms with Gasteiger partial charge in [0.2, 0.25) is 5.95 Å². The molecule has 43 heavy (non-hydrogen) atoms. The maximum absolute atomic E-state index is 15.4. The Balaban J connectivity index is 1.53. The van der Waals surface area contributed by atoms with Crippen LogP contribution in [0.15, 0.2) is 96.1 Å². The Hall–Kier alpha value is -4.29. The molecule has 3 aromatic carbocycles. The molecule has 0 amide bonds. The van der Waals surface area contributed by atoms with Crippen LogP contribution in [-0.4, -0.2) is 67.2 Å². The average Bonchev–Trinajstić information content (AvgIpc) is 3.59. The zero-order chi connectivity index (χ0) is 30.2. The molecule has 0 bridgehead atoms. The summed E-state index contributed by atoms with van der Waals surface area (Å²) in [5.74, 6) is 0.390. The molecular formula is C31H29ClFN5O5. The molecule has 1 aliphatic heterocycles. The molecule has 4 N–H and O–H groups in total. The van der Waals surface area contributed by atoms with Gasteiger partial charge in [0.15, 0.2) is 23.6 Å².